The summed E-state index contributed by atoms with van der Waals surface area (Å²) in [7, 11) is 0. The van der Waals surface area contributed by atoms with E-state index in [0.29, 0.717) is 22.2 Å². The third-order valence-corrected chi connectivity index (χ3v) is 3.96. The van der Waals surface area contributed by atoms with Crippen molar-refractivity contribution in [2.45, 2.75) is 13.3 Å². The van der Waals surface area contributed by atoms with E-state index in [1.165, 1.54) is 4.68 Å². The van der Waals surface area contributed by atoms with Crippen LogP contribution in [-0.4, -0.2) is 26.6 Å². The molecule has 0 fully saturated rings. The number of hydrogen-bond acceptors (Lipinski definition) is 4. The third-order valence-electron chi connectivity index (χ3n) is 3.64. The van der Waals surface area contributed by atoms with Crippen LogP contribution in [0, 0.1) is 6.92 Å². The number of nitrogens with two attached hydrogens (primary N) is 1. The van der Waals surface area contributed by atoms with E-state index in [0.717, 1.165) is 5.56 Å². The van der Waals surface area contributed by atoms with Crippen LogP contribution in [0.25, 0.3) is 5.69 Å². The molecule has 0 unspecified atom stereocenters. The van der Waals surface area contributed by atoms with E-state index in [-0.39, 0.29) is 12.2 Å². The molecule has 3 rings (SSSR count). The number of carbonyl (C=O) groups excluding carboxylic acids is 2. The summed E-state index contributed by atoms with van der Waals surface area (Å²) >= 11 is 6.18. The lowest BCUT2D eigenvalue weighted by molar-refractivity contribution is -0.117. The van der Waals surface area contributed by atoms with Crippen LogP contribution in [0.15, 0.2) is 48.5 Å². The Bertz CT molecular complexity index is 966. The number of para-hydroxylation sites is 1. The van der Waals surface area contributed by atoms with Gasteiger partial charge in [-0.25, -0.2) is 9.67 Å². The summed E-state index contributed by atoms with van der Waals surface area (Å²) < 4.78 is 1.52. The highest BCUT2D eigenvalue weighted by atomic mass is 35.5. The maximum Gasteiger partial charge on any atom is 0.295 e. The topological polar surface area (TPSA) is 103 Å². The molecule has 3 aromatic rings. The van der Waals surface area contributed by atoms with Crippen LogP contribution in [0.5, 0.6) is 0 Å². The Morgan fingerprint density at radius 2 is 1.85 bits per heavy atom. The molecule has 1 heterocycles. The minimum absolute atomic E-state index is 0.0311. The zero-order valence-corrected chi connectivity index (χ0v) is 14.7. The van der Waals surface area contributed by atoms with Crippen LogP contribution in [0.2, 0.25) is 5.02 Å². The molecule has 2 amide bonds. The second kappa shape index (κ2) is 7.37. The number of nitrogens with zero attached hydrogens (tertiary/aromatic N) is 3. The highest BCUT2D eigenvalue weighted by Gasteiger charge is 2.16. The lowest BCUT2D eigenvalue weighted by atomic mass is 10.1. The van der Waals surface area contributed by atoms with Gasteiger partial charge in [0, 0.05) is 5.69 Å². The maximum absolute atomic E-state index is 12.4. The van der Waals surface area contributed by atoms with E-state index in [1.54, 1.807) is 43.3 Å². The summed E-state index contributed by atoms with van der Waals surface area (Å²) in [6.45, 7) is 1.74. The summed E-state index contributed by atoms with van der Waals surface area (Å²) in [4.78, 5) is 27.5. The molecule has 0 saturated heterocycles. The van der Waals surface area contributed by atoms with E-state index in [9.17, 15) is 9.59 Å². The first-order chi connectivity index (χ1) is 12.4. The number of amides is 2. The molecule has 8 heteroatoms. The molecule has 132 valence electrons. The molecule has 0 spiro atoms. The van der Waals surface area contributed by atoms with Gasteiger partial charge in [0.05, 0.1) is 17.1 Å². The van der Waals surface area contributed by atoms with Gasteiger partial charge in [-0.15, -0.1) is 5.10 Å². The van der Waals surface area contributed by atoms with Crippen LogP contribution < -0.4 is 11.1 Å². The van der Waals surface area contributed by atoms with Gasteiger partial charge in [0.2, 0.25) is 11.7 Å². The Morgan fingerprint density at radius 3 is 2.50 bits per heavy atom. The molecule has 0 bridgehead atoms. The second-order valence-corrected chi connectivity index (χ2v) is 6.05. The predicted molar refractivity (Wildman–Crippen MR) is 98.4 cm³/mol. The van der Waals surface area contributed by atoms with Crippen molar-refractivity contribution in [1.29, 1.82) is 0 Å². The molecule has 0 saturated carbocycles. The molecule has 0 aliphatic rings. The second-order valence-electron chi connectivity index (χ2n) is 5.64. The number of aromatic nitrogens is 3. The number of nitrogens with one attached hydrogen (secondary N) is 1. The zero-order chi connectivity index (χ0) is 18.7. The van der Waals surface area contributed by atoms with E-state index in [2.05, 4.69) is 15.4 Å². The number of anilines is 1. The highest BCUT2D eigenvalue weighted by Crippen LogP contribution is 2.20. The number of rotatable bonds is 5. The molecule has 0 aliphatic heterocycles. The highest BCUT2D eigenvalue weighted by molar-refractivity contribution is 6.32. The lowest BCUT2D eigenvalue weighted by Crippen LogP contribution is -2.15. The molecule has 1 aromatic heterocycles. The largest absolute Gasteiger partial charge is 0.369 e. The standard InChI is InChI=1S/C18H16ClN5O2/c1-11-21-17(23-24(11)15-5-3-2-4-14(15)19)18(26)22-13-8-6-12(7-9-13)10-16(20)25/h2-9H,10H2,1H3,(H2,20,25)(H,22,26). The van der Waals surface area contributed by atoms with E-state index in [1.807, 2.05) is 12.1 Å². The van der Waals surface area contributed by atoms with Crippen molar-refractivity contribution in [2.75, 3.05) is 5.32 Å². The third kappa shape index (κ3) is 3.89. The molecular formula is C18H16ClN5O2. The Labute approximate surface area is 154 Å². The van der Waals surface area contributed by atoms with Crippen molar-refractivity contribution >= 4 is 29.1 Å². The normalized spacial score (nSPS) is 10.5. The van der Waals surface area contributed by atoms with Crippen molar-refractivity contribution in [2.24, 2.45) is 5.73 Å². The van der Waals surface area contributed by atoms with E-state index >= 15 is 0 Å². The summed E-state index contributed by atoms with van der Waals surface area (Å²) in [6, 6.07) is 14.0. The quantitative estimate of drug-likeness (QED) is 0.721. The molecule has 7 nitrogen and oxygen atoms in total. The van der Waals surface area contributed by atoms with Crippen LogP contribution in [0.1, 0.15) is 22.0 Å². The Balaban J connectivity index is 1.78. The molecule has 0 atom stereocenters. The Kier molecular flexibility index (Phi) is 4.99. The number of benzene rings is 2. The van der Waals surface area contributed by atoms with Crippen molar-refractivity contribution in [3.05, 3.63) is 70.8 Å². The minimum atomic E-state index is -0.443. The molecule has 0 aliphatic carbocycles. The van der Waals surface area contributed by atoms with Crippen LogP contribution in [-0.2, 0) is 11.2 Å². The smallest absolute Gasteiger partial charge is 0.295 e. The van der Waals surface area contributed by atoms with Gasteiger partial charge in [-0.2, -0.15) is 0 Å². The number of carbonyl (C=O) groups is 2. The first-order valence-electron chi connectivity index (χ1n) is 7.81. The van der Waals surface area contributed by atoms with Gasteiger partial charge in [-0.1, -0.05) is 35.9 Å². The average molecular weight is 370 g/mol. The first kappa shape index (κ1) is 17.6. The number of primary amides is 1. The van der Waals surface area contributed by atoms with Crippen molar-refractivity contribution in [3.8, 4) is 5.69 Å². The van der Waals surface area contributed by atoms with Gasteiger partial charge in [0.25, 0.3) is 5.91 Å². The number of hydrogen-bond donors (Lipinski definition) is 2. The summed E-state index contributed by atoms with van der Waals surface area (Å²) in [6.07, 6.45) is 0.150. The molecule has 26 heavy (non-hydrogen) atoms. The number of aryl methyl sites for hydroxylation is 1. The van der Waals surface area contributed by atoms with Gasteiger partial charge in [0.15, 0.2) is 0 Å². The number of halogens is 1. The minimum Gasteiger partial charge on any atom is -0.369 e. The zero-order valence-electron chi connectivity index (χ0n) is 13.9. The molecule has 0 radical (unpaired) electrons. The Morgan fingerprint density at radius 1 is 1.15 bits per heavy atom. The lowest BCUT2D eigenvalue weighted by Gasteiger charge is -2.05. The molecule has 3 N–H and O–H groups in total. The summed E-state index contributed by atoms with van der Waals surface area (Å²) in [5.41, 5.74) is 7.14. The fourth-order valence-corrected chi connectivity index (χ4v) is 2.65. The Hall–Kier alpha value is -3.19. The summed E-state index contributed by atoms with van der Waals surface area (Å²) in [5, 5.41) is 7.47. The van der Waals surface area contributed by atoms with Gasteiger partial charge in [-0.3, -0.25) is 9.59 Å². The van der Waals surface area contributed by atoms with Gasteiger partial charge in [0.1, 0.15) is 5.82 Å². The van der Waals surface area contributed by atoms with Crippen LogP contribution in [0.4, 0.5) is 5.69 Å². The summed E-state index contributed by atoms with van der Waals surface area (Å²) in [5.74, 6) is -0.281. The molecule has 2 aromatic carbocycles. The van der Waals surface area contributed by atoms with Crippen molar-refractivity contribution in [1.82, 2.24) is 14.8 Å². The fourth-order valence-electron chi connectivity index (χ4n) is 2.43. The molecular weight excluding hydrogens is 354 g/mol. The fraction of sp³-hybridized carbons (Fsp3) is 0.111. The van der Waals surface area contributed by atoms with Gasteiger partial charge in [-0.05, 0) is 36.8 Å². The van der Waals surface area contributed by atoms with Gasteiger partial charge < -0.3 is 11.1 Å². The maximum atomic E-state index is 12.4. The van der Waals surface area contributed by atoms with Crippen molar-refractivity contribution in [3.63, 3.8) is 0 Å². The van der Waals surface area contributed by atoms with E-state index in [4.69, 9.17) is 17.3 Å². The average Bonchev–Trinajstić information content (AvgIpc) is 2.98. The first-order valence-corrected chi connectivity index (χ1v) is 8.19. The van der Waals surface area contributed by atoms with Crippen molar-refractivity contribution < 1.29 is 9.59 Å². The van der Waals surface area contributed by atoms with Crippen LogP contribution in [0.3, 0.4) is 0 Å². The SMILES string of the molecule is Cc1nc(C(=O)Nc2ccc(CC(N)=O)cc2)nn1-c1ccccc1Cl. The predicted octanol–water partition coefficient (Wildman–Crippen LogP) is 2.51. The van der Waals surface area contributed by atoms with Crippen LogP contribution >= 0.6 is 11.6 Å². The van der Waals surface area contributed by atoms with E-state index < -0.39 is 11.8 Å². The van der Waals surface area contributed by atoms with Gasteiger partial charge >= 0.3 is 0 Å². The monoisotopic (exact) mass is 369 g/mol.